The number of hydrogen-bond donors (Lipinski definition) is 1. The zero-order chi connectivity index (χ0) is 22.2. The summed E-state index contributed by atoms with van der Waals surface area (Å²) in [5.74, 6) is -0.406. The van der Waals surface area contributed by atoms with Gasteiger partial charge in [0.05, 0.1) is 30.2 Å². The second kappa shape index (κ2) is 10.7. The fourth-order valence-corrected chi connectivity index (χ4v) is 3.77. The Hall–Kier alpha value is -3.22. The average molecular weight is 424 g/mol. The average Bonchev–Trinajstić information content (AvgIpc) is 3.33. The molecule has 7 nitrogen and oxygen atoms in total. The van der Waals surface area contributed by atoms with Crippen molar-refractivity contribution in [1.82, 2.24) is 0 Å². The molecule has 0 aromatic heterocycles. The molecule has 1 aliphatic rings. The largest absolute Gasteiger partial charge is 0.461 e. The predicted octanol–water partition coefficient (Wildman–Crippen LogP) is 3.82. The minimum atomic E-state index is -0.406. The zero-order valence-electron chi connectivity index (χ0n) is 19.0. The number of ether oxygens (including phenoxy) is 1. The molecular weight excluding hydrogens is 390 g/mol. The van der Waals surface area contributed by atoms with Gasteiger partial charge in [-0.3, -0.25) is 5.01 Å². The van der Waals surface area contributed by atoms with E-state index in [1.165, 1.54) is 18.5 Å². The van der Waals surface area contributed by atoms with Gasteiger partial charge in [-0.1, -0.05) is 12.1 Å². The van der Waals surface area contributed by atoms with Crippen molar-refractivity contribution < 1.29 is 9.53 Å². The first kappa shape index (κ1) is 22.5. The highest BCUT2D eigenvalue weighted by Crippen LogP contribution is 2.25. The van der Waals surface area contributed by atoms with E-state index in [4.69, 9.17) is 4.74 Å². The summed E-state index contributed by atoms with van der Waals surface area (Å²) in [6, 6.07) is 16.3. The summed E-state index contributed by atoms with van der Waals surface area (Å²) in [7, 11) is 5.67. The van der Waals surface area contributed by atoms with Crippen LogP contribution in [0.15, 0.2) is 53.6 Å². The Kier molecular flexibility index (Phi) is 7.76. The van der Waals surface area contributed by atoms with Gasteiger partial charge in [-0.15, -0.1) is 0 Å². The van der Waals surface area contributed by atoms with Crippen LogP contribution in [0.1, 0.15) is 19.8 Å². The molecule has 1 N–H and O–H groups in total. The topological polar surface area (TPSA) is 60.4 Å². The van der Waals surface area contributed by atoms with Crippen LogP contribution in [0.4, 0.5) is 22.7 Å². The van der Waals surface area contributed by atoms with Crippen LogP contribution in [0, 0.1) is 0 Å². The summed E-state index contributed by atoms with van der Waals surface area (Å²) in [5.41, 5.74) is 4.47. The monoisotopic (exact) mass is 423 g/mol. The third kappa shape index (κ3) is 5.69. The Morgan fingerprint density at radius 1 is 1.10 bits per heavy atom. The second-order valence-corrected chi connectivity index (χ2v) is 7.62. The van der Waals surface area contributed by atoms with E-state index >= 15 is 0 Å². The highest BCUT2D eigenvalue weighted by molar-refractivity contribution is 6.38. The van der Waals surface area contributed by atoms with Crippen LogP contribution in [-0.2, 0) is 9.53 Å². The van der Waals surface area contributed by atoms with Crippen LogP contribution in [0.2, 0.25) is 0 Å². The molecule has 3 rings (SSSR count). The molecule has 0 spiro atoms. The molecule has 7 heteroatoms. The minimum absolute atomic E-state index is 0.308. The van der Waals surface area contributed by atoms with Gasteiger partial charge >= 0.3 is 5.97 Å². The van der Waals surface area contributed by atoms with E-state index in [2.05, 4.69) is 27.5 Å². The van der Waals surface area contributed by atoms with Crippen molar-refractivity contribution in [2.75, 3.05) is 67.5 Å². The van der Waals surface area contributed by atoms with Gasteiger partial charge < -0.3 is 19.9 Å². The molecule has 1 aliphatic heterocycles. The molecular formula is C24H33N5O2. The molecule has 31 heavy (non-hydrogen) atoms. The van der Waals surface area contributed by atoms with Crippen LogP contribution < -0.4 is 20.1 Å². The molecule has 0 amide bonds. The lowest BCUT2D eigenvalue weighted by Crippen LogP contribution is -2.34. The van der Waals surface area contributed by atoms with Gasteiger partial charge in [-0.2, -0.15) is 5.10 Å². The van der Waals surface area contributed by atoms with Gasteiger partial charge in [0.25, 0.3) is 0 Å². The maximum absolute atomic E-state index is 12.6. The summed E-state index contributed by atoms with van der Waals surface area (Å²) in [6.45, 7) is 4.66. The number of hydrogen-bond acceptors (Lipinski definition) is 7. The summed E-state index contributed by atoms with van der Waals surface area (Å²) in [6.07, 6.45) is 2.50. The Bertz CT molecular complexity index is 891. The first-order chi connectivity index (χ1) is 15.0. The van der Waals surface area contributed by atoms with Gasteiger partial charge in [-0.25, -0.2) is 4.79 Å². The predicted molar refractivity (Wildman–Crippen MR) is 130 cm³/mol. The number of carbonyl (C=O) groups is 1. The molecule has 2 aromatic rings. The number of rotatable bonds is 9. The third-order valence-electron chi connectivity index (χ3n) is 5.45. The molecule has 0 atom stereocenters. The smallest absolute Gasteiger partial charge is 0.356 e. The van der Waals surface area contributed by atoms with Crippen molar-refractivity contribution >= 4 is 34.4 Å². The van der Waals surface area contributed by atoms with Crippen LogP contribution in [0.3, 0.4) is 0 Å². The maximum atomic E-state index is 12.6. The van der Waals surface area contributed by atoms with Gasteiger partial charge in [-0.05, 0) is 56.2 Å². The number of hydrazone groups is 1. The number of carbonyl (C=O) groups excluding carboxylic acids is 1. The third-order valence-corrected chi connectivity index (χ3v) is 5.45. The SMILES string of the molecule is CCOC(=O)/C(CN(C)c1ccccc1NC)=N\N(C)c1ccc(N2CCCC2)cc1. The number of nitrogens with one attached hydrogen (secondary N) is 1. The van der Waals surface area contributed by atoms with Crippen molar-refractivity contribution in [2.24, 2.45) is 5.10 Å². The van der Waals surface area contributed by atoms with Crippen molar-refractivity contribution in [1.29, 1.82) is 0 Å². The lowest BCUT2D eigenvalue weighted by molar-refractivity contribution is -0.135. The van der Waals surface area contributed by atoms with Crippen molar-refractivity contribution in [3.63, 3.8) is 0 Å². The van der Waals surface area contributed by atoms with E-state index in [1.807, 2.05) is 62.4 Å². The van der Waals surface area contributed by atoms with Crippen molar-refractivity contribution in [3.05, 3.63) is 48.5 Å². The molecule has 0 aliphatic carbocycles. The molecule has 1 heterocycles. The van der Waals surface area contributed by atoms with E-state index in [0.29, 0.717) is 18.9 Å². The first-order valence-electron chi connectivity index (χ1n) is 10.8. The summed E-state index contributed by atoms with van der Waals surface area (Å²) < 4.78 is 5.28. The lowest BCUT2D eigenvalue weighted by Gasteiger charge is -2.24. The Morgan fingerprint density at radius 2 is 1.77 bits per heavy atom. The summed E-state index contributed by atoms with van der Waals surface area (Å²) >= 11 is 0. The van der Waals surface area contributed by atoms with Crippen molar-refractivity contribution in [3.8, 4) is 0 Å². The summed E-state index contributed by atoms with van der Waals surface area (Å²) in [4.78, 5) is 17.0. The Morgan fingerprint density at radius 3 is 2.42 bits per heavy atom. The fraction of sp³-hybridized carbons (Fsp3) is 0.417. The van der Waals surface area contributed by atoms with E-state index in [-0.39, 0.29) is 0 Å². The number of nitrogens with zero attached hydrogens (tertiary/aromatic N) is 4. The zero-order valence-corrected chi connectivity index (χ0v) is 19.0. The molecule has 0 unspecified atom stereocenters. The highest BCUT2D eigenvalue weighted by Gasteiger charge is 2.19. The minimum Gasteiger partial charge on any atom is -0.461 e. The van der Waals surface area contributed by atoms with Crippen LogP contribution in [0.25, 0.3) is 0 Å². The molecule has 1 fully saturated rings. The van der Waals surface area contributed by atoms with Crippen LogP contribution >= 0.6 is 0 Å². The van der Waals surface area contributed by atoms with Crippen molar-refractivity contribution in [2.45, 2.75) is 19.8 Å². The van der Waals surface area contributed by atoms with Crippen LogP contribution in [0.5, 0.6) is 0 Å². The fourth-order valence-electron chi connectivity index (χ4n) is 3.77. The van der Waals surface area contributed by atoms with Gasteiger partial charge in [0, 0.05) is 39.9 Å². The van der Waals surface area contributed by atoms with Crippen LogP contribution in [-0.4, -0.2) is 59.1 Å². The molecule has 0 radical (unpaired) electrons. The molecule has 0 bridgehead atoms. The lowest BCUT2D eigenvalue weighted by atomic mass is 10.2. The van der Waals surface area contributed by atoms with E-state index in [9.17, 15) is 4.79 Å². The first-order valence-corrected chi connectivity index (χ1v) is 10.8. The quantitative estimate of drug-likeness (QED) is 0.376. The second-order valence-electron chi connectivity index (χ2n) is 7.62. The van der Waals surface area contributed by atoms with E-state index < -0.39 is 5.97 Å². The Balaban J connectivity index is 1.79. The van der Waals surface area contributed by atoms with E-state index in [0.717, 1.165) is 30.2 Å². The number of benzene rings is 2. The van der Waals surface area contributed by atoms with Gasteiger partial charge in [0.1, 0.15) is 0 Å². The molecule has 2 aromatic carbocycles. The molecule has 166 valence electrons. The Labute approximate surface area is 185 Å². The number of anilines is 4. The molecule has 1 saturated heterocycles. The molecule has 0 saturated carbocycles. The number of para-hydroxylation sites is 2. The van der Waals surface area contributed by atoms with Gasteiger partial charge in [0.15, 0.2) is 5.71 Å². The van der Waals surface area contributed by atoms with E-state index in [1.54, 1.807) is 11.9 Å². The van der Waals surface area contributed by atoms with Gasteiger partial charge in [0.2, 0.25) is 0 Å². The standard InChI is InChI=1S/C24H33N5O2/c1-5-31-24(30)22(18-27(3)23-11-7-6-10-21(23)25-2)26-28(4)19-12-14-20(15-13-19)29-16-8-9-17-29/h6-7,10-15,25H,5,8-9,16-18H2,1-4H3/b26-22-. The highest BCUT2D eigenvalue weighted by atomic mass is 16.5. The normalized spacial score (nSPS) is 13.8. The maximum Gasteiger partial charge on any atom is 0.356 e. The number of esters is 1. The summed E-state index contributed by atoms with van der Waals surface area (Å²) in [5, 5.41) is 9.53.